The van der Waals surface area contributed by atoms with Crippen LogP contribution in [-0.2, 0) is 13.1 Å². The van der Waals surface area contributed by atoms with Crippen LogP contribution in [0.25, 0.3) is 0 Å². The fourth-order valence-corrected chi connectivity index (χ4v) is 4.39. The van der Waals surface area contributed by atoms with E-state index in [9.17, 15) is 34.0 Å². The van der Waals surface area contributed by atoms with Crippen molar-refractivity contribution in [3.05, 3.63) is 92.4 Å². The number of aromatic nitrogens is 6. The number of halogens is 9. The molecule has 0 fully saturated rings. The van der Waals surface area contributed by atoms with E-state index in [0.717, 1.165) is 18.6 Å². The predicted molar refractivity (Wildman–Crippen MR) is 157 cm³/mol. The minimum absolute atomic E-state index is 0. The van der Waals surface area contributed by atoms with Crippen molar-refractivity contribution < 1.29 is 34.0 Å². The van der Waals surface area contributed by atoms with Crippen LogP contribution in [0.15, 0.2) is 58.5 Å². The zero-order valence-electron chi connectivity index (χ0n) is 22.0. The first-order valence-corrected chi connectivity index (χ1v) is 14.7. The molecule has 18 heteroatoms. The van der Waals surface area contributed by atoms with Gasteiger partial charge < -0.3 is 0 Å². The normalized spacial score (nSPS) is 11.3. The van der Waals surface area contributed by atoms with Crippen LogP contribution in [0.2, 0.25) is 0 Å². The third kappa shape index (κ3) is 12.7. The van der Waals surface area contributed by atoms with Gasteiger partial charge >= 0.3 is 0 Å². The highest BCUT2D eigenvalue weighted by Gasteiger charge is 2.27. The summed E-state index contributed by atoms with van der Waals surface area (Å²) in [7, 11) is 0. The Kier molecular flexibility index (Phi) is 16.1. The molecule has 0 spiro atoms. The summed E-state index contributed by atoms with van der Waals surface area (Å²) in [6.07, 6.45) is 5.71. The van der Waals surface area contributed by atoms with E-state index in [4.69, 9.17) is 0 Å². The third-order valence-corrected chi connectivity index (χ3v) is 7.64. The smallest absolute Gasteiger partial charge is 0.278 e. The maximum atomic E-state index is 13.0. The molecule has 0 saturated heterocycles. The van der Waals surface area contributed by atoms with Crippen LogP contribution in [0.4, 0.5) is 29.2 Å². The zero-order valence-corrected chi connectivity index (χ0v) is 25.9. The first kappa shape index (κ1) is 38.2. The Bertz CT molecular complexity index is 1430. The number of hydrogen-bond donors (Lipinski definition) is 0. The molecular weight excluding hydrogens is 739 g/mol. The highest BCUT2D eigenvalue weighted by Crippen LogP contribution is 2.56. The van der Waals surface area contributed by atoms with Crippen molar-refractivity contribution in [3.63, 3.8) is 0 Å². The second-order valence-electron chi connectivity index (χ2n) is 8.06. The molecule has 0 unspecified atom stereocenters. The summed E-state index contributed by atoms with van der Waals surface area (Å²) in [5, 5.41) is 7.74. The number of carbonyl (C=O) groups excluding carboxylic acids is 1. The molecule has 0 aromatic carbocycles. The fourth-order valence-electron chi connectivity index (χ4n) is 3.12. The molecule has 0 aliphatic carbocycles. The summed E-state index contributed by atoms with van der Waals surface area (Å²) in [4.78, 5) is 18.1. The van der Waals surface area contributed by atoms with Crippen molar-refractivity contribution in [2.45, 2.75) is 40.8 Å². The average molecular weight is 767 g/mol. The first-order chi connectivity index (χ1) is 19.8. The van der Waals surface area contributed by atoms with Gasteiger partial charge in [-0.25, -0.2) is 27.5 Å². The van der Waals surface area contributed by atoms with E-state index in [2.05, 4.69) is 52.0 Å². The molecule has 0 bridgehead atoms. The average Bonchev–Trinajstić information content (AvgIpc) is 3.59. The lowest BCUT2D eigenvalue weighted by molar-refractivity contribution is 0.112. The maximum Gasteiger partial charge on any atom is 0.278 e. The summed E-state index contributed by atoms with van der Waals surface area (Å²) >= 11 is 1.45. The number of pyridine rings is 2. The third-order valence-electron chi connectivity index (χ3n) is 5.11. The summed E-state index contributed by atoms with van der Waals surface area (Å²) in [5.41, 5.74) is 1.53. The van der Waals surface area contributed by atoms with E-state index in [-0.39, 0.29) is 32.6 Å². The van der Waals surface area contributed by atoms with Gasteiger partial charge in [-0.1, -0.05) is 21.3 Å². The number of alkyl halides is 2. The Morgan fingerprint density at radius 3 is 1.67 bits per heavy atom. The molecule has 4 heterocycles. The first-order valence-electron chi connectivity index (χ1n) is 11.8. The van der Waals surface area contributed by atoms with Gasteiger partial charge in [-0.15, -0.1) is 11.7 Å². The van der Waals surface area contributed by atoms with Gasteiger partial charge in [0.1, 0.15) is 20.8 Å². The van der Waals surface area contributed by atoms with Gasteiger partial charge in [-0.2, -0.15) is 14.5 Å². The molecule has 4 aromatic rings. The summed E-state index contributed by atoms with van der Waals surface area (Å²) < 4.78 is 90.2. The van der Waals surface area contributed by atoms with E-state index in [1.54, 1.807) is 10.9 Å². The van der Waals surface area contributed by atoms with Crippen LogP contribution in [0, 0.1) is 11.6 Å². The van der Waals surface area contributed by atoms with Crippen LogP contribution >= 0.6 is 43.2 Å². The molecule has 43 heavy (non-hydrogen) atoms. The lowest BCUT2D eigenvalue weighted by Gasteiger charge is -2.23. The van der Waals surface area contributed by atoms with Gasteiger partial charge in [0.15, 0.2) is 6.29 Å². The van der Waals surface area contributed by atoms with Gasteiger partial charge in [-0.3, -0.25) is 14.2 Å². The number of nitrogens with zero attached hydrogens (tertiary/aromatic N) is 7. The summed E-state index contributed by atoms with van der Waals surface area (Å²) in [6.45, 7) is 3.68. The topological polar surface area (TPSA) is 81.7 Å². The monoisotopic (exact) mass is 765 g/mol. The van der Waals surface area contributed by atoms with Crippen molar-refractivity contribution in [1.82, 2.24) is 33.8 Å². The lowest BCUT2D eigenvalue weighted by Crippen LogP contribution is -2.19. The Hall–Kier alpha value is -2.83. The maximum absolute atomic E-state index is 13.0. The SMILES string of the molecule is C.CCN(CC)S(F)(F)F.Fc1cnc(Br)c(Cn2cc(C(F)F)cn2)c1.O=Cc1cnn(Cc2cc(F)cnc2Br)c1. The van der Waals surface area contributed by atoms with Crippen LogP contribution < -0.4 is 0 Å². The molecule has 0 N–H and O–H groups in total. The number of carbonyl (C=O) groups is 1. The molecular formula is C25H28Br2F7N7OS. The number of aldehydes is 1. The lowest BCUT2D eigenvalue weighted by atomic mass is 10.3. The molecule has 8 nitrogen and oxygen atoms in total. The molecule has 0 atom stereocenters. The largest absolute Gasteiger partial charge is 0.298 e. The Morgan fingerprint density at radius 1 is 0.860 bits per heavy atom. The molecule has 0 aliphatic rings. The molecule has 0 aliphatic heterocycles. The second kappa shape index (κ2) is 18.1. The van der Waals surface area contributed by atoms with E-state index in [0.29, 0.717) is 43.0 Å². The standard InChI is InChI=1S/C10H7BrF3N3.C10H7BrFN3O.C4H10F3NS.CH4/c11-9-6(1-8(12)3-15-9)4-17-5-7(2-16-17)10(13)14;11-10-8(1-9(12)3-13-10)5-15-4-7(6-16)2-14-15;1-3-8(4-2)9(5,6)7;/h1-3,5,10H,4H2;1-4,6H,5H2;3-4H2,1-2H3;1H4. The number of hydrogen-bond acceptors (Lipinski definition) is 6. The highest BCUT2D eigenvalue weighted by atomic mass is 79.9. The summed E-state index contributed by atoms with van der Waals surface area (Å²) in [6, 6.07) is 2.65. The van der Waals surface area contributed by atoms with Gasteiger partial charge in [0.25, 0.3) is 17.8 Å². The minimum atomic E-state index is -4.93. The van der Waals surface area contributed by atoms with E-state index < -0.39 is 29.4 Å². The van der Waals surface area contributed by atoms with Crippen LogP contribution in [0.1, 0.15) is 54.7 Å². The van der Waals surface area contributed by atoms with Crippen LogP contribution in [0.5, 0.6) is 0 Å². The van der Waals surface area contributed by atoms with Gasteiger partial charge in [0.05, 0.1) is 49.0 Å². The van der Waals surface area contributed by atoms with Crippen molar-refractivity contribution in [3.8, 4) is 0 Å². The second-order valence-corrected chi connectivity index (χ2v) is 10.8. The Morgan fingerprint density at radius 2 is 1.33 bits per heavy atom. The quantitative estimate of drug-likeness (QED) is 0.0966. The van der Waals surface area contributed by atoms with Crippen molar-refractivity contribution >= 4 is 49.5 Å². The van der Waals surface area contributed by atoms with E-state index in [1.807, 2.05) is 0 Å². The molecule has 0 amide bonds. The Balaban J connectivity index is 0.000000335. The molecule has 238 valence electrons. The zero-order chi connectivity index (χ0) is 31.4. The number of rotatable bonds is 9. The molecule has 4 rings (SSSR count). The fraction of sp³-hybridized carbons (Fsp3) is 0.320. The Labute approximate surface area is 262 Å². The summed E-state index contributed by atoms with van der Waals surface area (Å²) in [5.74, 6) is -0.884. The van der Waals surface area contributed by atoms with Crippen LogP contribution in [-0.4, -0.2) is 53.2 Å². The van der Waals surface area contributed by atoms with Crippen molar-refractivity contribution in [2.75, 3.05) is 13.1 Å². The molecule has 0 saturated carbocycles. The highest BCUT2D eigenvalue weighted by molar-refractivity contribution is 9.10. The van der Waals surface area contributed by atoms with Gasteiger partial charge in [0, 0.05) is 36.6 Å². The van der Waals surface area contributed by atoms with E-state index >= 15 is 0 Å². The van der Waals surface area contributed by atoms with E-state index in [1.165, 1.54) is 43.1 Å². The minimum Gasteiger partial charge on any atom is -0.298 e. The molecule has 4 aromatic heterocycles. The predicted octanol–water partition coefficient (Wildman–Crippen LogP) is 8.54. The van der Waals surface area contributed by atoms with Crippen molar-refractivity contribution in [1.29, 1.82) is 0 Å². The van der Waals surface area contributed by atoms with Gasteiger partial charge in [-0.05, 0) is 44.0 Å². The van der Waals surface area contributed by atoms with Gasteiger partial charge in [0.2, 0.25) is 0 Å². The molecule has 0 radical (unpaired) electrons. The van der Waals surface area contributed by atoms with Crippen molar-refractivity contribution in [2.24, 2.45) is 0 Å². The van der Waals surface area contributed by atoms with Crippen LogP contribution in [0.3, 0.4) is 0 Å².